The van der Waals surface area contributed by atoms with Crippen LogP contribution in [0.3, 0.4) is 0 Å². The van der Waals surface area contributed by atoms with Gasteiger partial charge in [0.25, 0.3) is 0 Å². The van der Waals surface area contributed by atoms with E-state index in [0.29, 0.717) is 0 Å². The first-order chi connectivity index (χ1) is 7.33. The molecule has 0 aromatic heterocycles. The summed E-state index contributed by atoms with van der Waals surface area (Å²) in [4.78, 5) is 0. The van der Waals surface area contributed by atoms with Crippen LogP contribution in [0.25, 0.3) is 0 Å². The summed E-state index contributed by atoms with van der Waals surface area (Å²) in [6.07, 6.45) is 10.4. The fourth-order valence-corrected chi connectivity index (χ4v) is 2.53. The van der Waals surface area contributed by atoms with Gasteiger partial charge in [0, 0.05) is 13.2 Å². The number of likely N-dealkylation sites (N-methyl/N-ethyl adjacent to an activating group) is 1. The largest absolute Gasteiger partial charge is 0.374 e. The fraction of sp³-hybridized carbons (Fsp3) is 1.00. The molecule has 1 N–H and O–H groups in total. The lowest BCUT2D eigenvalue weighted by atomic mass is 10.0. The molecular formula is C13H27NO. The van der Waals surface area contributed by atoms with Gasteiger partial charge in [-0.2, -0.15) is 0 Å². The van der Waals surface area contributed by atoms with Crippen LogP contribution in [0.1, 0.15) is 58.3 Å². The van der Waals surface area contributed by atoms with Crippen LogP contribution in [0.15, 0.2) is 0 Å². The van der Waals surface area contributed by atoms with Crippen LogP contribution in [0.2, 0.25) is 0 Å². The minimum Gasteiger partial charge on any atom is -0.374 e. The molecule has 1 fully saturated rings. The molecule has 0 saturated heterocycles. The van der Waals surface area contributed by atoms with Gasteiger partial charge in [0.2, 0.25) is 0 Å². The average molecular weight is 213 g/mol. The van der Waals surface area contributed by atoms with Crippen molar-refractivity contribution < 1.29 is 4.74 Å². The Morgan fingerprint density at radius 3 is 2.47 bits per heavy atom. The van der Waals surface area contributed by atoms with Crippen molar-refractivity contribution in [2.75, 3.05) is 20.2 Å². The molecule has 0 heterocycles. The number of hydrogen-bond acceptors (Lipinski definition) is 2. The first-order valence-electron chi connectivity index (χ1n) is 6.61. The monoisotopic (exact) mass is 213 g/mol. The third-order valence-electron chi connectivity index (χ3n) is 3.42. The zero-order valence-corrected chi connectivity index (χ0v) is 10.5. The lowest BCUT2D eigenvalue weighted by Gasteiger charge is -2.29. The average Bonchev–Trinajstić information content (AvgIpc) is 2.67. The molecule has 0 unspecified atom stereocenters. The van der Waals surface area contributed by atoms with Crippen molar-refractivity contribution in [2.45, 2.75) is 63.9 Å². The maximum atomic E-state index is 6.12. The molecule has 0 spiro atoms. The maximum Gasteiger partial charge on any atom is 0.0806 e. The Balaban J connectivity index is 2.14. The van der Waals surface area contributed by atoms with Gasteiger partial charge in [-0.05, 0) is 26.3 Å². The summed E-state index contributed by atoms with van der Waals surface area (Å²) in [7, 11) is 2.03. The van der Waals surface area contributed by atoms with Crippen LogP contribution >= 0.6 is 0 Å². The van der Waals surface area contributed by atoms with Crippen LogP contribution < -0.4 is 5.32 Å². The standard InChI is InChI=1S/C13H27NO/c1-3-4-5-8-11-15-13(12-14-2)9-6-7-10-13/h14H,3-12H2,1-2H3. The van der Waals surface area contributed by atoms with Gasteiger partial charge in [-0.3, -0.25) is 0 Å². The molecule has 0 bridgehead atoms. The molecule has 15 heavy (non-hydrogen) atoms. The zero-order chi connectivity index (χ0) is 11.0. The van der Waals surface area contributed by atoms with Gasteiger partial charge in [-0.1, -0.05) is 39.0 Å². The van der Waals surface area contributed by atoms with Gasteiger partial charge in [-0.25, -0.2) is 0 Å². The second-order valence-corrected chi connectivity index (χ2v) is 4.83. The van der Waals surface area contributed by atoms with E-state index in [1.807, 2.05) is 7.05 Å². The Morgan fingerprint density at radius 1 is 1.13 bits per heavy atom. The van der Waals surface area contributed by atoms with Crippen LogP contribution in [0, 0.1) is 0 Å². The highest BCUT2D eigenvalue weighted by Gasteiger charge is 2.33. The van der Waals surface area contributed by atoms with E-state index < -0.39 is 0 Å². The number of nitrogens with one attached hydrogen (secondary N) is 1. The molecule has 1 rings (SSSR count). The quantitative estimate of drug-likeness (QED) is 0.626. The van der Waals surface area contributed by atoms with Crippen molar-refractivity contribution in [1.29, 1.82) is 0 Å². The van der Waals surface area contributed by atoms with Crippen molar-refractivity contribution in [3.63, 3.8) is 0 Å². The summed E-state index contributed by atoms with van der Waals surface area (Å²) < 4.78 is 6.12. The highest BCUT2D eigenvalue weighted by Crippen LogP contribution is 2.32. The van der Waals surface area contributed by atoms with E-state index in [0.717, 1.165) is 13.2 Å². The van der Waals surface area contributed by atoms with Gasteiger partial charge in [0.1, 0.15) is 0 Å². The summed E-state index contributed by atoms with van der Waals surface area (Å²) >= 11 is 0. The summed E-state index contributed by atoms with van der Waals surface area (Å²) in [6.45, 7) is 4.24. The van der Waals surface area contributed by atoms with Gasteiger partial charge in [0.05, 0.1) is 5.60 Å². The third kappa shape index (κ3) is 4.52. The van der Waals surface area contributed by atoms with Crippen LogP contribution in [-0.4, -0.2) is 25.8 Å². The molecule has 1 aliphatic carbocycles. The lowest BCUT2D eigenvalue weighted by molar-refractivity contribution is -0.0396. The normalized spacial score (nSPS) is 19.6. The smallest absolute Gasteiger partial charge is 0.0806 e. The van der Waals surface area contributed by atoms with Crippen molar-refractivity contribution in [3.05, 3.63) is 0 Å². The Labute approximate surface area is 94.8 Å². The van der Waals surface area contributed by atoms with E-state index in [4.69, 9.17) is 4.74 Å². The van der Waals surface area contributed by atoms with E-state index in [2.05, 4.69) is 12.2 Å². The summed E-state index contributed by atoms with van der Waals surface area (Å²) in [5, 5.41) is 3.28. The molecule has 0 amide bonds. The molecule has 1 aliphatic rings. The topological polar surface area (TPSA) is 21.3 Å². The van der Waals surface area contributed by atoms with E-state index in [1.165, 1.54) is 51.4 Å². The van der Waals surface area contributed by atoms with Crippen LogP contribution in [0.5, 0.6) is 0 Å². The number of unbranched alkanes of at least 4 members (excludes halogenated alkanes) is 3. The van der Waals surface area contributed by atoms with Gasteiger partial charge in [0.15, 0.2) is 0 Å². The second kappa shape index (κ2) is 7.24. The third-order valence-corrected chi connectivity index (χ3v) is 3.42. The highest BCUT2D eigenvalue weighted by molar-refractivity contribution is 4.88. The Hall–Kier alpha value is -0.0800. The van der Waals surface area contributed by atoms with Crippen molar-refractivity contribution in [3.8, 4) is 0 Å². The highest BCUT2D eigenvalue weighted by atomic mass is 16.5. The predicted molar refractivity (Wildman–Crippen MR) is 65.2 cm³/mol. The van der Waals surface area contributed by atoms with Crippen molar-refractivity contribution >= 4 is 0 Å². The molecule has 0 aromatic carbocycles. The van der Waals surface area contributed by atoms with Crippen molar-refractivity contribution in [2.24, 2.45) is 0 Å². The second-order valence-electron chi connectivity index (χ2n) is 4.83. The first kappa shape index (κ1) is 13.0. The van der Waals surface area contributed by atoms with E-state index in [-0.39, 0.29) is 5.60 Å². The molecular weight excluding hydrogens is 186 g/mol. The maximum absolute atomic E-state index is 6.12. The summed E-state index contributed by atoms with van der Waals surface area (Å²) in [6, 6.07) is 0. The molecule has 2 heteroatoms. The fourth-order valence-electron chi connectivity index (χ4n) is 2.53. The summed E-state index contributed by atoms with van der Waals surface area (Å²) in [5.41, 5.74) is 0.182. The SMILES string of the molecule is CCCCCCOC1(CNC)CCCC1. The minimum atomic E-state index is 0.182. The van der Waals surface area contributed by atoms with Gasteiger partial charge < -0.3 is 10.1 Å². The molecule has 0 aliphatic heterocycles. The number of ether oxygens (including phenoxy) is 1. The molecule has 1 saturated carbocycles. The Bertz CT molecular complexity index is 153. The molecule has 0 atom stereocenters. The van der Waals surface area contributed by atoms with Crippen molar-refractivity contribution in [1.82, 2.24) is 5.32 Å². The lowest BCUT2D eigenvalue weighted by Crippen LogP contribution is -2.39. The zero-order valence-electron chi connectivity index (χ0n) is 10.5. The number of hydrogen-bond donors (Lipinski definition) is 1. The van der Waals surface area contributed by atoms with Gasteiger partial charge in [-0.15, -0.1) is 0 Å². The van der Waals surface area contributed by atoms with E-state index in [9.17, 15) is 0 Å². The predicted octanol–water partition coefficient (Wildman–Crippen LogP) is 3.12. The van der Waals surface area contributed by atoms with E-state index >= 15 is 0 Å². The molecule has 2 nitrogen and oxygen atoms in total. The van der Waals surface area contributed by atoms with Gasteiger partial charge >= 0.3 is 0 Å². The molecule has 90 valence electrons. The van der Waals surface area contributed by atoms with E-state index in [1.54, 1.807) is 0 Å². The Morgan fingerprint density at radius 2 is 1.87 bits per heavy atom. The molecule has 0 aromatic rings. The molecule has 0 radical (unpaired) electrons. The first-order valence-corrected chi connectivity index (χ1v) is 6.61. The minimum absolute atomic E-state index is 0.182. The summed E-state index contributed by atoms with van der Waals surface area (Å²) in [5.74, 6) is 0. The number of rotatable bonds is 8. The van der Waals surface area contributed by atoms with Crippen LogP contribution in [-0.2, 0) is 4.74 Å². The van der Waals surface area contributed by atoms with Crippen LogP contribution in [0.4, 0.5) is 0 Å². The Kier molecular flexibility index (Phi) is 6.26.